The maximum atomic E-state index is 11.5. The number of hydrogen-bond acceptors (Lipinski definition) is 3. The molecule has 104 valence electrons. The highest BCUT2D eigenvalue weighted by Gasteiger charge is 2.27. The Morgan fingerprint density at radius 2 is 1.89 bits per heavy atom. The first-order valence-corrected chi connectivity index (χ1v) is 6.24. The van der Waals surface area contributed by atoms with Gasteiger partial charge >= 0.3 is 12.0 Å². The number of aliphatic carboxylic acids is 1. The summed E-state index contributed by atoms with van der Waals surface area (Å²) in [4.78, 5) is 22.4. The second-order valence-corrected chi connectivity index (χ2v) is 5.31. The van der Waals surface area contributed by atoms with E-state index in [1.165, 1.54) is 0 Å². The first-order valence-electron chi connectivity index (χ1n) is 6.24. The lowest BCUT2D eigenvalue weighted by Gasteiger charge is -2.23. The lowest BCUT2D eigenvalue weighted by Crippen LogP contribution is -2.45. The molecule has 0 unspecified atom stereocenters. The van der Waals surface area contributed by atoms with Gasteiger partial charge in [0.25, 0.3) is 0 Å². The topological polar surface area (TPSA) is 87.7 Å². The van der Waals surface area contributed by atoms with Gasteiger partial charge in [0, 0.05) is 26.3 Å². The van der Waals surface area contributed by atoms with Crippen LogP contribution in [0.4, 0.5) is 4.79 Å². The molecule has 0 saturated carbocycles. The van der Waals surface area contributed by atoms with E-state index in [9.17, 15) is 9.59 Å². The van der Waals surface area contributed by atoms with Crippen molar-refractivity contribution in [3.8, 4) is 0 Å². The summed E-state index contributed by atoms with van der Waals surface area (Å²) < 4.78 is 5.23. The molecule has 2 amide bonds. The standard InChI is InChI=1S/C12H22N2O4/c1-12(2,10(15)16)8-14-11(17)13-7-9-3-5-18-6-4-9/h9H,3-8H2,1-2H3,(H,15,16)(H2,13,14,17). The predicted molar refractivity (Wildman–Crippen MR) is 66.4 cm³/mol. The van der Waals surface area contributed by atoms with Gasteiger partial charge in [0.2, 0.25) is 0 Å². The molecule has 0 radical (unpaired) electrons. The van der Waals surface area contributed by atoms with Gasteiger partial charge in [0.1, 0.15) is 0 Å². The van der Waals surface area contributed by atoms with E-state index >= 15 is 0 Å². The Bertz CT molecular complexity index is 298. The molecule has 18 heavy (non-hydrogen) atoms. The molecule has 0 spiro atoms. The molecule has 0 aromatic carbocycles. The minimum Gasteiger partial charge on any atom is -0.481 e. The summed E-state index contributed by atoms with van der Waals surface area (Å²) in [7, 11) is 0. The van der Waals surface area contributed by atoms with Gasteiger partial charge in [-0.3, -0.25) is 4.79 Å². The van der Waals surface area contributed by atoms with Crippen LogP contribution >= 0.6 is 0 Å². The highest BCUT2D eigenvalue weighted by Crippen LogP contribution is 2.14. The molecule has 1 rings (SSSR count). The first kappa shape index (κ1) is 14.8. The van der Waals surface area contributed by atoms with Gasteiger partial charge in [-0.05, 0) is 32.6 Å². The van der Waals surface area contributed by atoms with Crippen LogP contribution in [0.2, 0.25) is 0 Å². The van der Waals surface area contributed by atoms with Crippen molar-refractivity contribution in [1.29, 1.82) is 0 Å². The maximum Gasteiger partial charge on any atom is 0.314 e. The van der Waals surface area contributed by atoms with Gasteiger partial charge in [-0.15, -0.1) is 0 Å². The van der Waals surface area contributed by atoms with Gasteiger partial charge in [0.15, 0.2) is 0 Å². The quantitative estimate of drug-likeness (QED) is 0.681. The third kappa shape index (κ3) is 4.91. The number of carbonyl (C=O) groups excluding carboxylic acids is 1. The van der Waals surface area contributed by atoms with E-state index in [1.54, 1.807) is 13.8 Å². The van der Waals surface area contributed by atoms with Crippen LogP contribution in [-0.4, -0.2) is 43.4 Å². The van der Waals surface area contributed by atoms with Crippen molar-refractivity contribution in [2.24, 2.45) is 11.3 Å². The Labute approximate surface area is 107 Å². The second-order valence-electron chi connectivity index (χ2n) is 5.31. The second kappa shape index (κ2) is 6.58. The lowest BCUT2D eigenvalue weighted by atomic mass is 9.94. The SMILES string of the molecule is CC(C)(CNC(=O)NCC1CCOCC1)C(=O)O. The summed E-state index contributed by atoms with van der Waals surface area (Å²) in [5.41, 5.74) is -0.948. The summed E-state index contributed by atoms with van der Waals surface area (Å²) in [6.45, 7) is 5.38. The molecule has 6 nitrogen and oxygen atoms in total. The Balaban J connectivity index is 2.19. The highest BCUT2D eigenvalue weighted by atomic mass is 16.5. The molecule has 1 aliphatic rings. The van der Waals surface area contributed by atoms with E-state index in [2.05, 4.69) is 10.6 Å². The lowest BCUT2D eigenvalue weighted by molar-refractivity contribution is -0.146. The van der Waals surface area contributed by atoms with Crippen LogP contribution in [0.5, 0.6) is 0 Å². The number of rotatable bonds is 5. The maximum absolute atomic E-state index is 11.5. The van der Waals surface area contributed by atoms with E-state index in [1.807, 2.05) is 0 Å². The van der Waals surface area contributed by atoms with Crippen LogP contribution in [0, 0.1) is 11.3 Å². The molecule has 1 aliphatic heterocycles. The summed E-state index contributed by atoms with van der Waals surface area (Å²) in [5, 5.41) is 14.2. The number of carboxylic acid groups (broad SMARTS) is 1. The predicted octanol–water partition coefficient (Wildman–Crippen LogP) is 0.823. The molecule has 1 heterocycles. The molecule has 0 bridgehead atoms. The fourth-order valence-corrected chi connectivity index (χ4v) is 1.63. The summed E-state index contributed by atoms with van der Waals surface area (Å²) in [6, 6.07) is -0.309. The van der Waals surface area contributed by atoms with Gasteiger partial charge < -0.3 is 20.5 Å². The number of carbonyl (C=O) groups is 2. The van der Waals surface area contributed by atoms with Crippen molar-refractivity contribution in [1.82, 2.24) is 10.6 Å². The molecule has 0 aliphatic carbocycles. The van der Waals surface area contributed by atoms with Gasteiger partial charge in [-0.25, -0.2) is 4.79 Å². The monoisotopic (exact) mass is 258 g/mol. The number of carboxylic acids is 1. The average Bonchev–Trinajstić information content (AvgIpc) is 2.35. The summed E-state index contributed by atoms with van der Waals surface area (Å²) >= 11 is 0. The van der Waals surface area contributed by atoms with Crippen LogP contribution in [-0.2, 0) is 9.53 Å². The third-order valence-electron chi connectivity index (χ3n) is 3.16. The Kier molecular flexibility index (Phi) is 5.40. The largest absolute Gasteiger partial charge is 0.481 e. The molecule has 1 fully saturated rings. The number of hydrogen-bond donors (Lipinski definition) is 3. The number of urea groups is 1. The van der Waals surface area contributed by atoms with Crippen molar-refractivity contribution < 1.29 is 19.4 Å². The number of amides is 2. The van der Waals surface area contributed by atoms with E-state index in [0.29, 0.717) is 12.5 Å². The van der Waals surface area contributed by atoms with E-state index in [-0.39, 0.29) is 12.6 Å². The van der Waals surface area contributed by atoms with Crippen LogP contribution in [0.1, 0.15) is 26.7 Å². The molecular formula is C12H22N2O4. The minimum absolute atomic E-state index is 0.113. The van der Waals surface area contributed by atoms with Crippen molar-refractivity contribution in [3.05, 3.63) is 0 Å². The third-order valence-corrected chi connectivity index (χ3v) is 3.16. The van der Waals surface area contributed by atoms with Crippen molar-refractivity contribution >= 4 is 12.0 Å². The average molecular weight is 258 g/mol. The normalized spacial score (nSPS) is 17.2. The van der Waals surface area contributed by atoms with Crippen molar-refractivity contribution in [2.45, 2.75) is 26.7 Å². The van der Waals surface area contributed by atoms with Crippen LogP contribution in [0.25, 0.3) is 0 Å². The fourth-order valence-electron chi connectivity index (χ4n) is 1.63. The smallest absolute Gasteiger partial charge is 0.314 e. The Morgan fingerprint density at radius 1 is 1.28 bits per heavy atom. The van der Waals surface area contributed by atoms with Crippen LogP contribution in [0.3, 0.4) is 0 Å². The molecule has 6 heteroatoms. The molecule has 0 aromatic rings. The molecule has 0 atom stereocenters. The van der Waals surface area contributed by atoms with Gasteiger partial charge in [-0.1, -0.05) is 0 Å². The fraction of sp³-hybridized carbons (Fsp3) is 0.833. The number of ether oxygens (including phenoxy) is 1. The Hall–Kier alpha value is -1.30. The van der Waals surface area contributed by atoms with E-state index in [0.717, 1.165) is 26.1 Å². The van der Waals surface area contributed by atoms with Crippen LogP contribution in [0.15, 0.2) is 0 Å². The first-order chi connectivity index (χ1) is 8.42. The molecule has 0 aromatic heterocycles. The van der Waals surface area contributed by atoms with Crippen molar-refractivity contribution in [3.63, 3.8) is 0 Å². The molecular weight excluding hydrogens is 236 g/mol. The van der Waals surface area contributed by atoms with E-state index in [4.69, 9.17) is 9.84 Å². The molecule has 3 N–H and O–H groups in total. The van der Waals surface area contributed by atoms with Gasteiger partial charge in [0.05, 0.1) is 5.41 Å². The number of nitrogens with one attached hydrogen (secondary N) is 2. The zero-order valence-electron chi connectivity index (χ0n) is 11.0. The summed E-state index contributed by atoms with van der Waals surface area (Å²) in [5.74, 6) is -0.468. The highest BCUT2D eigenvalue weighted by molar-refractivity contribution is 5.77. The zero-order valence-corrected chi connectivity index (χ0v) is 11.0. The zero-order chi connectivity index (χ0) is 13.6. The minimum atomic E-state index is -0.948. The Morgan fingerprint density at radius 3 is 2.44 bits per heavy atom. The van der Waals surface area contributed by atoms with Gasteiger partial charge in [-0.2, -0.15) is 0 Å². The molecule has 1 saturated heterocycles. The van der Waals surface area contributed by atoms with E-state index < -0.39 is 11.4 Å². The van der Waals surface area contributed by atoms with Crippen LogP contribution < -0.4 is 10.6 Å². The summed E-state index contributed by atoms with van der Waals surface area (Å²) in [6.07, 6.45) is 1.92. The van der Waals surface area contributed by atoms with Crippen molar-refractivity contribution in [2.75, 3.05) is 26.3 Å².